The second kappa shape index (κ2) is 7.50. The Labute approximate surface area is 172 Å². The number of pyridine rings is 3. The zero-order chi connectivity index (χ0) is 20.5. The minimum atomic E-state index is -0.320. The molecular weight excluding hydrogens is 379 g/mol. The molecule has 0 saturated heterocycles. The highest BCUT2D eigenvalue weighted by Gasteiger charge is 2.15. The summed E-state index contributed by atoms with van der Waals surface area (Å²) in [6, 6.07) is 18.3. The van der Waals surface area contributed by atoms with Crippen LogP contribution in [0.4, 0.5) is 10.1 Å². The van der Waals surface area contributed by atoms with Crippen LogP contribution in [0.15, 0.2) is 79.3 Å². The number of benzene rings is 2. The Morgan fingerprint density at radius 3 is 2.60 bits per heavy atom. The van der Waals surface area contributed by atoms with Gasteiger partial charge in [-0.25, -0.2) is 14.4 Å². The molecule has 0 unspecified atom stereocenters. The van der Waals surface area contributed by atoms with Gasteiger partial charge in [0.15, 0.2) is 5.65 Å². The number of hydrogen-bond donors (Lipinski definition) is 1. The topological polar surface area (TPSA) is 59.9 Å². The van der Waals surface area contributed by atoms with Crippen LogP contribution in [0.3, 0.4) is 0 Å². The fourth-order valence-electron chi connectivity index (χ4n) is 3.71. The third kappa shape index (κ3) is 3.03. The average molecular weight is 396 g/mol. The number of fused-ring (bicyclic) bond motifs is 2. The second-order valence-electron chi connectivity index (χ2n) is 6.80. The molecule has 0 fully saturated rings. The minimum Gasteiger partial charge on any atom is -0.279 e. The van der Waals surface area contributed by atoms with Crippen LogP contribution < -0.4 is 5.48 Å². The van der Waals surface area contributed by atoms with Crippen LogP contribution in [0.5, 0.6) is 0 Å². The van der Waals surface area contributed by atoms with Crippen molar-refractivity contribution in [2.45, 2.75) is 0 Å². The van der Waals surface area contributed by atoms with E-state index in [-0.39, 0.29) is 5.82 Å². The van der Waals surface area contributed by atoms with Crippen molar-refractivity contribution in [1.29, 1.82) is 0 Å². The summed E-state index contributed by atoms with van der Waals surface area (Å²) in [6.07, 6.45) is 5.24. The van der Waals surface area contributed by atoms with E-state index in [0.717, 1.165) is 33.0 Å². The molecule has 0 spiro atoms. The molecule has 0 radical (unpaired) electrons. The number of rotatable bonds is 4. The number of halogens is 1. The summed E-state index contributed by atoms with van der Waals surface area (Å²) in [4.78, 5) is 18.4. The Morgan fingerprint density at radius 2 is 1.73 bits per heavy atom. The Bertz CT molecular complexity index is 1390. The number of anilines is 1. The van der Waals surface area contributed by atoms with Gasteiger partial charge in [-0.05, 0) is 59.0 Å². The van der Waals surface area contributed by atoms with Crippen LogP contribution in [0, 0.1) is 5.82 Å². The van der Waals surface area contributed by atoms with E-state index in [1.165, 1.54) is 6.07 Å². The van der Waals surface area contributed by atoms with E-state index in [4.69, 9.17) is 4.84 Å². The van der Waals surface area contributed by atoms with Gasteiger partial charge in [0.2, 0.25) is 0 Å². The van der Waals surface area contributed by atoms with Crippen molar-refractivity contribution in [3.05, 3.63) is 85.1 Å². The van der Waals surface area contributed by atoms with Crippen molar-refractivity contribution in [2.24, 2.45) is 0 Å². The average Bonchev–Trinajstić information content (AvgIpc) is 2.79. The minimum absolute atomic E-state index is 0.320. The predicted molar refractivity (Wildman–Crippen MR) is 116 cm³/mol. The highest BCUT2D eigenvalue weighted by molar-refractivity contribution is 6.08. The first kappa shape index (κ1) is 18.1. The first-order chi connectivity index (χ1) is 14.8. The quantitative estimate of drug-likeness (QED) is 0.399. The molecule has 0 aliphatic carbocycles. The molecule has 0 bridgehead atoms. The number of hydrogen-bond acceptors (Lipinski definition) is 5. The molecule has 2 aromatic carbocycles. The van der Waals surface area contributed by atoms with Crippen molar-refractivity contribution in [3.8, 4) is 22.4 Å². The van der Waals surface area contributed by atoms with Gasteiger partial charge in [0.25, 0.3) is 0 Å². The van der Waals surface area contributed by atoms with E-state index in [1.54, 1.807) is 43.9 Å². The maximum absolute atomic E-state index is 14.5. The summed E-state index contributed by atoms with van der Waals surface area (Å²) in [5.74, 6) is -0.320. The molecule has 0 saturated carbocycles. The summed E-state index contributed by atoms with van der Waals surface area (Å²) in [6.45, 7) is 0. The highest BCUT2D eigenvalue weighted by atomic mass is 19.1. The Balaban J connectivity index is 1.83. The highest BCUT2D eigenvalue weighted by Crippen LogP contribution is 2.37. The third-order valence-corrected chi connectivity index (χ3v) is 5.05. The molecule has 30 heavy (non-hydrogen) atoms. The Kier molecular flexibility index (Phi) is 4.53. The largest absolute Gasteiger partial charge is 0.279 e. The van der Waals surface area contributed by atoms with Gasteiger partial charge in [-0.15, -0.1) is 0 Å². The maximum Gasteiger partial charge on any atom is 0.160 e. The fourth-order valence-corrected chi connectivity index (χ4v) is 3.71. The van der Waals surface area contributed by atoms with E-state index in [2.05, 4.69) is 20.4 Å². The molecule has 6 heteroatoms. The van der Waals surface area contributed by atoms with Crippen LogP contribution in [0.2, 0.25) is 0 Å². The molecule has 5 rings (SSSR count). The van der Waals surface area contributed by atoms with Crippen molar-refractivity contribution in [1.82, 2.24) is 15.0 Å². The van der Waals surface area contributed by atoms with Gasteiger partial charge in [-0.3, -0.25) is 15.3 Å². The van der Waals surface area contributed by atoms with Crippen molar-refractivity contribution < 1.29 is 9.23 Å². The lowest BCUT2D eigenvalue weighted by atomic mass is 9.95. The van der Waals surface area contributed by atoms with Gasteiger partial charge in [0, 0.05) is 34.9 Å². The van der Waals surface area contributed by atoms with E-state index < -0.39 is 0 Å². The molecule has 146 valence electrons. The lowest BCUT2D eigenvalue weighted by Gasteiger charge is -2.14. The van der Waals surface area contributed by atoms with Crippen molar-refractivity contribution >= 4 is 27.5 Å². The smallest absolute Gasteiger partial charge is 0.160 e. The van der Waals surface area contributed by atoms with Gasteiger partial charge >= 0.3 is 0 Å². The van der Waals surface area contributed by atoms with E-state index in [0.29, 0.717) is 16.9 Å². The van der Waals surface area contributed by atoms with Gasteiger partial charge < -0.3 is 0 Å². The second-order valence-corrected chi connectivity index (χ2v) is 6.80. The summed E-state index contributed by atoms with van der Waals surface area (Å²) in [5.41, 5.74) is 7.15. The maximum atomic E-state index is 14.5. The fraction of sp³-hybridized carbons (Fsp3) is 0.0417. The van der Waals surface area contributed by atoms with Crippen molar-refractivity contribution in [2.75, 3.05) is 12.6 Å². The summed E-state index contributed by atoms with van der Waals surface area (Å²) >= 11 is 0. The molecule has 0 aliphatic rings. The molecular formula is C24H17FN4O. The monoisotopic (exact) mass is 396 g/mol. The lowest BCUT2D eigenvalue weighted by Crippen LogP contribution is -1.98. The van der Waals surface area contributed by atoms with E-state index >= 15 is 0 Å². The van der Waals surface area contributed by atoms with Gasteiger partial charge in [0.1, 0.15) is 5.82 Å². The first-order valence-electron chi connectivity index (χ1n) is 9.43. The van der Waals surface area contributed by atoms with E-state index in [1.807, 2.05) is 36.4 Å². The van der Waals surface area contributed by atoms with Gasteiger partial charge in [-0.2, -0.15) is 0 Å². The molecule has 1 N–H and O–H groups in total. The zero-order valence-electron chi connectivity index (χ0n) is 16.1. The van der Waals surface area contributed by atoms with Crippen LogP contribution in [0.1, 0.15) is 0 Å². The van der Waals surface area contributed by atoms with Crippen LogP contribution in [0.25, 0.3) is 44.2 Å². The van der Waals surface area contributed by atoms with Crippen LogP contribution >= 0.6 is 0 Å². The number of nitrogens with zero attached hydrogens (tertiary/aromatic N) is 3. The lowest BCUT2D eigenvalue weighted by molar-refractivity contribution is 0.271. The van der Waals surface area contributed by atoms with Crippen LogP contribution in [-0.4, -0.2) is 22.1 Å². The molecule has 5 nitrogen and oxygen atoms in total. The molecule has 0 amide bonds. The van der Waals surface area contributed by atoms with Crippen LogP contribution in [-0.2, 0) is 4.84 Å². The Hall–Kier alpha value is -3.90. The molecule has 5 aromatic rings. The molecule has 0 atom stereocenters. The molecule has 3 heterocycles. The molecule has 3 aromatic heterocycles. The number of aromatic nitrogens is 3. The normalized spacial score (nSPS) is 11.1. The van der Waals surface area contributed by atoms with Crippen molar-refractivity contribution in [3.63, 3.8) is 0 Å². The third-order valence-electron chi connectivity index (χ3n) is 5.05. The van der Waals surface area contributed by atoms with E-state index in [9.17, 15) is 4.39 Å². The standard InChI is InChI=1S/C24H17FN4O/c1-30-29-22-9-8-15(16-10-12-26-14-20(16)22)19-13-23(18-5-2-3-7-21(18)25)28-24-17(19)6-4-11-27-24/h2-14,29H,1H3. The summed E-state index contributed by atoms with van der Waals surface area (Å²) in [5, 5.41) is 2.80. The van der Waals surface area contributed by atoms with Gasteiger partial charge in [0.05, 0.1) is 18.5 Å². The predicted octanol–water partition coefficient (Wildman–Crippen LogP) is 5.62. The number of nitrogens with one attached hydrogen (secondary N) is 1. The van der Waals surface area contributed by atoms with Gasteiger partial charge in [-0.1, -0.05) is 18.2 Å². The SMILES string of the molecule is CONc1ccc(-c2cc(-c3ccccc3F)nc3ncccc23)c2ccncc12. The first-order valence-corrected chi connectivity index (χ1v) is 9.43. The zero-order valence-corrected chi connectivity index (χ0v) is 16.1. The summed E-state index contributed by atoms with van der Waals surface area (Å²) < 4.78 is 14.5. The Morgan fingerprint density at radius 1 is 0.833 bits per heavy atom. The molecule has 0 aliphatic heterocycles. The summed E-state index contributed by atoms with van der Waals surface area (Å²) in [7, 11) is 1.57.